The van der Waals surface area contributed by atoms with Crippen molar-refractivity contribution in [1.82, 2.24) is 10.2 Å². The topological polar surface area (TPSA) is 32.3 Å². The van der Waals surface area contributed by atoms with Gasteiger partial charge in [-0.3, -0.25) is 4.90 Å². The average molecular weight is 206 g/mol. The van der Waals surface area contributed by atoms with Gasteiger partial charge in [-0.2, -0.15) is 0 Å². The van der Waals surface area contributed by atoms with Crippen LogP contribution in [0, 0.1) is 0 Å². The first-order valence-electron chi connectivity index (χ1n) is 5.56. The molecule has 0 aromatic carbocycles. The van der Waals surface area contributed by atoms with Crippen LogP contribution in [0.4, 0.5) is 4.79 Å². The third-order valence-corrected chi connectivity index (χ3v) is 3.01. The molecule has 0 unspecified atom stereocenters. The zero-order valence-electron chi connectivity index (χ0n) is 9.63. The normalized spacial score (nSPS) is 21.5. The first-order valence-corrected chi connectivity index (χ1v) is 5.56. The van der Waals surface area contributed by atoms with Crippen molar-refractivity contribution in [3.63, 3.8) is 0 Å². The van der Waals surface area contributed by atoms with Crippen molar-refractivity contribution in [3.05, 3.63) is 22.9 Å². The maximum Gasteiger partial charge on any atom is 0.322 e. The minimum absolute atomic E-state index is 0.0368. The molecule has 0 radical (unpaired) electrons. The highest BCUT2D eigenvalue weighted by atomic mass is 16.2. The van der Waals surface area contributed by atoms with E-state index in [-0.39, 0.29) is 12.1 Å². The molecular formula is C12H18N2O. The summed E-state index contributed by atoms with van der Waals surface area (Å²) in [5.41, 5.74) is 3.88. The zero-order chi connectivity index (χ0) is 11.0. The molecule has 0 aromatic rings. The Labute approximate surface area is 90.8 Å². The lowest BCUT2D eigenvalue weighted by Crippen LogP contribution is -2.48. The fourth-order valence-corrected chi connectivity index (χ4v) is 2.19. The van der Waals surface area contributed by atoms with E-state index >= 15 is 0 Å². The minimum Gasteiger partial charge on any atom is -0.334 e. The Balaban J connectivity index is 2.39. The van der Waals surface area contributed by atoms with Crippen LogP contribution in [0.3, 0.4) is 0 Å². The monoisotopic (exact) mass is 206 g/mol. The van der Waals surface area contributed by atoms with E-state index in [1.807, 2.05) is 18.7 Å². The van der Waals surface area contributed by atoms with Gasteiger partial charge in [0.2, 0.25) is 0 Å². The van der Waals surface area contributed by atoms with Crippen molar-refractivity contribution >= 4 is 6.03 Å². The van der Waals surface area contributed by atoms with Crippen LogP contribution in [0.1, 0.15) is 33.6 Å². The molecule has 0 bridgehead atoms. The van der Waals surface area contributed by atoms with E-state index in [0.717, 1.165) is 25.1 Å². The van der Waals surface area contributed by atoms with Gasteiger partial charge in [-0.05, 0) is 45.3 Å². The van der Waals surface area contributed by atoms with Crippen molar-refractivity contribution in [2.24, 2.45) is 0 Å². The van der Waals surface area contributed by atoms with Crippen molar-refractivity contribution < 1.29 is 4.79 Å². The molecule has 1 aliphatic heterocycles. The number of carbonyl (C=O) groups is 1. The summed E-state index contributed by atoms with van der Waals surface area (Å²) in [4.78, 5) is 13.6. The number of urea groups is 1. The predicted octanol–water partition coefficient (Wildman–Crippen LogP) is 2.41. The number of nitrogens with zero attached hydrogens (tertiary/aromatic N) is 1. The van der Waals surface area contributed by atoms with E-state index in [4.69, 9.17) is 0 Å². The van der Waals surface area contributed by atoms with Crippen LogP contribution in [0.25, 0.3) is 0 Å². The van der Waals surface area contributed by atoms with Crippen LogP contribution in [-0.4, -0.2) is 23.5 Å². The number of hydrogen-bond acceptors (Lipinski definition) is 1. The molecule has 0 saturated heterocycles. The van der Waals surface area contributed by atoms with Crippen molar-refractivity contribution in [3.8, 4) is 0 Å². The lowest BCUT2D eigenvalue weighted by molar-refractivity contribution is 0.197. The van der Waals surface area contributed by atoms with Gasteiger partial charge in [-0.25, -0.2) is 4.79 Å². The molecule has 3 heteroatoms. The summed E-state index contributed by atoms with van der Waals surface area (Å²) in [6, 6.07) is 0.257. The van der Waals surface area contributed by atoms with Gasteiger partial charge in [0.25, 0.3) is 0 Å². The van der Waals surface area contributed by atoms with Gasteiger partial charge in [-0.1, -0.05) is 5.57 Å². The molecule has 82 valence electrons. The SMILES string of the molecule is CC1=CC2=C(CC1)CNC(=O)N2C(C)C. The molecule has 0 atom stereocenters. The fraction of sp³-hybridized carbons (Fsp3) is 0.583. The molecule has 1 heterocycles. The molecule has 15 heavy (non-hydrogen) atoms. The molecule has 3 nitrogen and oxygen atoms in total. The van der Waals surface area contributed by atoms with Crippen LogP contribution in [0.5, 0.6) is 0 Å². The minimum atomic E-state index is 0.0368. The second-order valence-electron chi connectivity index (χ2n) is 4.60. The number of carbonyl (C=O) groups excluding carboxylic acids is 1. The van der Waals surface area contributed by atoms with Crippen LogP contribution in [0.2, 0.25) is 0 Å². The Morgan fingerprint density at radius 3 is 2.80 bits per heavy atom. The van der Waals surface area contributed by atoms with Crippen molar-refractivity contribution in [2.75, 3.05) is 6.54 Å². The Morgan fingerprint density at radius 2 is 2.13 bits per heavy atom. The summed E-state index contributed by atoms with van der Waals surface area (Å²) in [6.07, 6.45) is 4.37. The molecule has 1 N–H and O–H groups in total. The van der Waals surface area contributed by atoms with Gasteiger partial charge in [0.05, 0.1) is 0 Å². The predicted molar refractivity (Wildman–Crippen MR) is 60.4 cm³/mol. The molecule has 0 spiro atoms. The molecule has 2 rings (SSSR count). The molecular weight excluding hydrogens is 188 g/mol. The standard InChI is InChI=1S/C12H18N2O/c1-8(2)14-11-6-9(3)4-5-10(11)7-13-12(14)15/h6,8H,4-5,7H2,1-3H3,(H,13,15). The molecule has 0 aromatic heterocycles. The van der Waals surface area contributed by atoms with Gasteiger partial charge in [-0.15, -0.1) is 0 Å². The highest BCUT2D eigenvalue weighted by Crippen LogP contribution is 2.29. The maximum atomic E-state index is 11.7. The summed E-state index contributed by atoms with van der Waals surface area (Å²) in [6.45, 7) is 6.95. The maximum absolute atomic E-state index is 11.7. The van der Waals surface area contributed by atoms with Crippen molar-refractivity contribution in [2.45, 2.75) is 39.7 Å². The zero-order valence-corrected chi connectivity index (χ0v) is 9.63. The lowest BCUT2D eigenvalue weighted by atomic mass is 9.94. The summed E-state index contributed by atoms with van der Waals surface area (Å²) >= 11 is 0. The fourth-order valence-electron chi connectivity index (χ4n) is 2.19. The van der Waals surface area contributed by atoms with Crippen molar-refractivity contribution in [1.29, 1.82) is 0 Å². The lowest BCUT2D eigenvalue weighted by Gasteiger charge is -2.36. The van der Waals surface area contributed by atoms with E-state index in [1.54, 1.807) is 0 Å². The summed E-state index contributed by atoms with van der Waals surface area (Å²) in [7, 11) is 0. The Morgan fingerprint density at radius 1 is 1.40 bits per heavy atom. The van der Waals surface area contributed by atoms with E-state index in [2.05, 4.69) is 18.3 Å². The molecule has 1 aliphatic carbocycles. The quantitative estimate of drug-likeness (QED) is 0.702. The largest absolute Gasteiger partial charge is 0.334 e. The number of allylic oxidation sites excluding steroid dienone is 2. The average Bonchev–Trinajstić information content (AvgIpc) is 2.16. The Hall–Kier alpha value is -1.25. The van der Waals surface area contributed by atoms with E-state index in [9.17, 15) is 4.79 Å². The van der Waals surface area contributed by atoms with Crippen LogP contribution >= 0.6 is 0 Å². The van der Waals surface area contributed by atoms with E-state index in [1.165, 1.54) is 11.1 Å². The van der Waals surface area contributed by atoms with Gasteiger partial charge in [0, 0.05) is 18.3 Å². The Kier molecular flexibility index (Phi) is 2.55. The number of hydrogen-bond donors (Lipinski definition) is 1. The first-order chi connectivity index (χ1) is 7.09. The van der Waals surface area contributed by atoms with Gasteiger partial charge in [0.1, 0.15) is 0 Å². The highest BCUT2D eigenvalue weighted by Gasteiger charge is 2.28. The van der Waals surface area contributed by atoms with Gasteiger partial charge in [0.15, 0.2) is 0 Å². The summed E-state index contributed by atoms with van der Waals surface area (Å²) in [5, 5.41) is 2.93. The smallest absolute Gasteiger partial charge is 0.322 e. The second-order valence-corrected chi connectivity index (χ2v) is 4.60. The third-order valence-electron chi connectivity index (χ3n) is 3.01. The summed E-state index contributed by atoms with van der Waals surface area (Å²) in [5.74, 6) is 0. The summed E-state index contributed by atoms with van der Waals surface area (Å²) < 4.78 is 0. The number of amides is 2. The van der Waals surface area contributed by atoms with Crippen LogP contribution in [0.15, 0.2) is 22.9 Å². The number of rotatable bonds is 1. The molecule has 0 saturated carbocycles. The number of nitrogens with one attached hydrogen (secondary N) is 1. The van der Waals surface area contributed by atoms with E-state index < -0.39 is 0 Å². The second kappa shape index (κ2) is 3.72. The highest BCUT2D eigenvalue weighted by molar-refractivity contribution is 5.79. The van der Waals surface area contributed by atoms with Gasteiger partial charge >= 0.3 is 6.03 Å². The Bertz CT molecular complexity index is 353. The van der Waals surface area contributed by atoms with Crippen LogP contribution < -0.4 is 5.32 Å². The van der Waals surface area contributed by atoms with Gasteiger partial charge < -0.3 is 5.32 Å². The third kappa shape index (κ3) is 1.78. The van der Waals surface area contributed by atoms with Crippen LogP contribution in [-0.2, 0) is 0 Å². The van der Waals surface area contributed by atoms with E-state index in [0.29, 0.717) is 0 Å². The molecule has 2 amide bonds. The molecule has 2 aliphatic rings. The first kappa shape index (κ1) is 10.3. The molecule has 0 fully saturated rings.